The molecule has 3 heteroatoms. The SMILES string of the molecule is CC(C)(C)c1cc(COc2ccccc2)c(O)c(COc2ccccc2)c1. The van der Waals surface area contributed by atoms with E-state index in [9.17, 15) is 5.11 Å². The molecule has 0 bridgehead atoms. The Hall–Kier alpha value is -2.94. The molecule has 0 aliphatic carbocycles. The van der Waals surface area contributed by atoms with Gasteiger partial charge in [-0.05, 0) is 47.4 Å². The van der Waals surface area contributed by atoms with Crippen LogP contribution < -0.4 is 9.47 Å². The number of para-hydroxylation sites is 2. The third-order valence-electron chi connectivity index (χ3n) is 4.41. The molecule has 0 aromatic heterocycles. The molecule has 0 unspecified atom stereocenters. The quantitative estimate of drug-likeness (QED) is 0.598. The molecule has 0 amide bonds. The lowest BCUT2D eigenvalue weighted by molar-refractivity contribution is 0.286. The molecule has 0 saturated carbocycles. The van der Waals surface area contributed by atoms with Gasteiger partial charge in [-0.1, -0.05) is 57.2 Å². The number of aromatic hydroxyl groups is 1. The van der Waals surface area contributed by atoms with Crippen molar-refractivity contribution in [3.8, 4) is 17.2 Å². The molecule has 27 heavy (non-hydrogen) atoms. The van der Waals surface area contributed by atoms with Crippen LogP contribution in [0.4, 0.5) is 0 Å². The van der Waals surface area contributed by atoms with Crippen LogP contribution in [0.1, 0.15) is 37.5 Å². The molecular weight excluding hydrogens is 336 g/mol. The maximum atomic E-state index is 10.8. The second-order valence-electron chi connectivity index (χ2n) is 7.60. The zero-order chi connectivity index (χ0) is 19.3. The minimum atomic E-state index is -0.0449. The van der Waals surface area contributed by atoms with Crippen LogP contribution in [-0.4, -0.2) is 5.11 Å². The summed E-state index contributed by atoms with van der Waals surface area (Å²) in [6.07, 6.45) is 0. The monoisotopic (exact) mass is 362 g/mol. The first-order chi connectivity index (χ1) is 12.9. The first kappa shape index (κ1) is 18.8. The van der Waals surface area contributed by atoms with Crippen molar-refractivity contribution < 1.29 is 14.6 Å². The zero-order valence-corrected chi connectivity index (χ0v) is 16.1. The second kappa shape index (κ2) is 8.17. The summed E-state index contributed by atoms with van der Waals surface area (Å²) in [5.74, 6) is 1.79. The van der Waals surface area contributed by atoms with Gasteiger partial charge in [-0.25, -0.2) is 0 Å². The Bertz CT molecular complexity index is 801. The number of rotatable bonds is 6. The summed E-state index contributed by atoms with van der Waals surface area (Å²) in [6, 6.07) is 23.3. The van der Waals surface area contributed by atoms with Gasteiger partial charge in [0.1, 0.15) is 30.5 Å². The molecule has 3 aromatic rings. The fourth-order valence-corrected chi connectivity index (χ4v) is 2.77. The molecule has 1 N–H and O–H groups in total. The lowest BCUT2D eigenvalue weighted by Gasteiger charge is -2.22. The molecule has 0 aliphatic rings. The Balaban J connectivity index is 1.85. The van der Waals surface area contributed by atoms with Gasteiger partial charge in [-0.3, -0.25) is 0 Å². The van der Waals surface area contributed by atoms with Gasteiger partial charge in [0, 0.05) is 11.1 Å². The molecule has 0 saturated heterocycles. The van der Waals surface area contributed by atoms with Crippen molar-refractivity contribution in [1.82, 2.24) is 0 Å². The van der Waals surface area contributed by atoms with Crippen LogP contribution in [0.25, 0.3) is 0 Å². The van der Waals surface area contributed by atoms with E-state index in [0.29, 0.717) is 13.2 Å². The van der Waals surface area contributed by atoms with Crippen LogP contribution in [0.3, 0.4) is 0 Å². The molecule has 0 radical (unpaired) electrons. The van der Waals surface area contributed by atoms with Crippen LogP contribution in [0.5, 0.6) is 17.2 Å². The molecule has 0 aliphatic heterocycles. The van der Waals surface area contributed by atoms with Gasteiger partial charge in [0.2, 0.25) is 0 Å². The molecule has 0 fully saturated rings. The number of hydrogen-bond donors (Lipinski definition) is 1. The number of hydrogen-bond acceptors (Lipinski definition) is 3. The maximum absolute atomic E-state index is 10.8. The van der Waals surface area contributed by atoms with E-state index in [1.807, 2.05) is 72.8 Å². The second-order valence-corrected chi connectivity index (χ2v) is 7.60. The highest BCUT2D eigenvalue weighted by Crippen LogP contribution is 2.32. The predicted molar refractivity (Wildman–Crippen MR) is 108 cm³/mol. The topological polar surface area (TPSA) is 38.7 Å². The van der Waals surface area contributed by atoms with E-state index in [2.05, 4.69) is 20.8 Å². The maximum Gasteiger partial charge on any atom is 0.128 e. The fourth-order valence-electron chi connectivity index (χ4n) is 2.77. The average molecular weight is 362 g/mol. The zero-order valence-electron chi connectivity index (χ0n) is 16.1. The largest absolute Gasteiger partial charge is 0.507 e. The number of ether oxygens (including phenoxy) is 2. The van der Waals surface area contributed by atoms with E-state index in [4.69, 9.17) is 9.47 Å². The number of phenolic OH excluding ortho intramolecular Hbond substituents is 1. The molecule has 3 aromatic carbocycles. The van der Waals surface area contributed by atoms with Gasteiger partial charge in [0.15, 0.2) is 0 Å². The number of phenols is 1. The smallest absolute Gasteiger partial charge is 0.128 e. The molecule has 3 rings (SSSR count). The normalized spacial score (nSPS) is 11.2. The summed E-state index contributed by atoms with van der Waals surface area (Å²) in [7, 11) is 0. The Morgan fingerprint density at radius 3 is 1.48 bits per heavy atom. The summed E-state index contributed by atoms with van der Waals surface area (Å²) in [5.41, 5.74) is 2.62. The van der Waals surface area contributed by atoms with Crippen molar-refractivity contribution in [3.05, 3.63) is 89.5 Å². The van der Waals surface area contributed by atoms with Gasteiger partial charge < -0.3 is 14.6 Å². The average Bonchev–Trinajstić information content (AvgIpc) is 2.67. The van der Waals surface area contributed by atoms with Crippen molar-refractivity contribution in [3.63, 3.8) is 0 Å². The van der Waals surface area contributed by atoms with Gasteiger partial charge in [0.25, 0.3) is 0 Å². The highest BCUT2D eigenvalue weighted by molar-refractivity contribution is 5.45. The first-order valence-corrected chi connectivity index (χ1v) is 9.14. The van der Waals surface area contributed by atoms with Crippen LogP contribution in [-0.2, 0) is 18.6 Å². The van der Waals surface area contributed by atoms with E-state index in [-0.39, 0.29) is 11.2 Å². The lowest BCUT2D eigenvalue weighted by atomic mass is 9.85. The lowest BCUT2D eigenvalue weighted by Crippen LogP contribution is -2.13. The van der Waals surface area contributed by atoms with Crippen molar-refractivity contribution >= 4 is 0 Å². The van der Waals surface area contributed by atoms with Crippen LogP contribution >= 0.6 is 0 Å². The Labute approximate surface area is 161 Å². The third kappa shape index (κ3) is 5.04. The Morgan fingerprint density at radius 1 is 0.704 bits per heavy atom. The van der Waals surface area contributed by atoms with E-state index in [0.717, 1.165) is 28.2 Å². The third-order valence-corrected chi connectivity index (χ3v) is 4.41. The minimum Gasteiger partial charge on any atom is -0.507 e. The molecule has 3 nitrogen and oxygen atoms in total. The van der Waals surface area contributed by atoms with E-state index >= 15 is 0 Å². The van der Waals surface area contributed by atoms with Gasteiger partial charge in [0.05, 0.1) is 0 Å². The van der Waals surface area contributed by atoms with Crippen molar-refractivity contribution in [2.24, 2.45) is 0 Å². The van der Waals surface area contributed by atoms with Crippen LogP contribution in [0.2, 0.25) is 0 Å². The fraction of sp³-hybridized carbons (Fsp3) is 0.250. The first-order valence-electron chi connectivity index (χ1n) is 9.14. The Morgan fingerprint density at radius 2 is 1.11 bits per heavy atom. The highest BCUT2D eigenvalue weighted by atomic mass is 16.5. The molecule has 0 atom stereocenters. The standard InChI is InChI=1S/C24H26O3/c1-24(2,3)20-14-18(16-26-21-10-6-4-7-11-21)23(25)19(15-20)17-27-22-12-8-5-9-13-22/h4-15,25H,16-17H2,1-3H3. The van der Waals surface area contributed by atoms with Gasteiger partial charge in [-0.15, -0.1) is 0 Å². The van der Waals surface area contributed by atoms with Crippen molar-refractivity contribution in [2.75, 3.05) is 0 Å². The van der Waals surface area contributed by atoms with Gasteiger partial charge >= 0.3 is 0 Å². The van der Waals surface area contributed by atoms with E-state index < -0.39 is 0 Å². The molecule has 0 heterocycles. The predicted octanol–water partition coefficient (Wildman–Crippen LogP) is 5.85. The van der Waals surface area contributed by atoms with Crippen molar-refractivity contribution in [1.29, 1.82) is 0 Å². The van der Waals surface area contributed by atoms with E-state index in [1.54, 1.807) is 0 Å². The van der Waals surface area contributed by atoms with Gasteiger partial charge in [-0.2, -0.15) is 0 Å². The Kier molecular flexibility index (Phi) is 5.70. The summed E-state index contributed by atoms with van der Waals surface area (Å²) in [5, 5.41) is 10.8. The van der Waals surface area contributed by atoms with Crippen LogP contribution in [0, 0.1) is 0 Å². The molecule has 0 spiro atoms. The minimum absolute atomic E-state index is 0.0449. The summed E-state index contributed by atoms with van der Waals surface area (Å²) < 4.78 is 11.7. The van der Waals surface area contributed by atoms with Crippen LogP contribution in [0.15, 0.2) is 72.8 Å². The summed E-state index contributed by atoms with van der Waals surface area (Å²) in [6.45, 7) is 7.07. The highest BCUT2D eigenvalue weighted by Gasteiger charge is 2.19. The summed E-state index contributed by atoms with van der Waals surface area (Å²) >= 11 is 0. The summed E-state index contributed by atoms with van der Waals surface area (Å²) in [4.78, 5) is 0. The van der Waals surface area contributed by atoms with E-state index in [1.165, 1.54) is 0 Å². The number of benzene rings is 3. The molecule has 140 valence electrons. The molecular formula is C24H26O3. The van der Waals surface area contributed by atoms with Crippen molar-refractivity contribution in [2.45, 2.75) is 39.4 Å².